The van der Waals surface area contributed by atoms with Gasteiger partial charge in [-0.15, -0.1) is 0 Å². The maximum absolute atomic E-state index is 12.2. The van der Waals surface area contributed by atoms with Crippen LogP contribution in [0.2, 0.25) is 0 Å². The average molecular weight is 296 g/mol. The third-order valence-electron chi connectivity index (χ3n) is 2.27. The van der Waals surface area contributed by atoms with Gasteiger partial charge in [-0.3, -0.25) is 0 Å². The van der Waals surface area contributed by atoms with E-state index in [2.05, 4.69) is 25.9 Å². The van der Waals surface area contributed by atoms with Gasteiger partial charge in [-0.1, -0.05) is 0 Å². The Labute approximate surface area is 98.4 Å². The van der Waals surface area contributed by atoms with E-state index in [0.717, 1.165) is 12.8 Å². The second-order valence-electron chi connectivity index (χ2n) is 3.79. The van der Waals surface area contributed by atoms with E-state index in [9.17, 15) is 13.2 Å². The second kappa shape index (κ2) is 3.87. The van der Waals surface area contributed by atoms with E-state index in [1.54, 1.807) is 0 Å². The van der Waals surface area contributed by atoms with Crippen LogP contribution in [0, 0.1) is 0 Å². The van der Waals surface area contributed by atoms with Gasteiger partial charge in [0.1, 0.15) is 18.1 Å². The third-order valence-corrected chi connectivity index (χ3v) is 3.08. The summed E-state index contributed by atoms with van der Waals surface area (Å²) >= 11 is 3.20. The zero-order valence-corrected chi connectivity index (χ0v) is 9.77. The Morgan fingerprint density at radius 1 is 1.31 bits per heavy atom. The number of anilines is 1. The van der Waals surface area contributed by atoms with E-state index in [-0.39, 0.29) is 17.6 Å². The topological polar surface area (TPSA) is 51.8 Å². The number of aromatic nitrogens is 2. The summed E-state index contributed by atoms with van der Waals surface area (Å²) in [6.07, 6.45) is -3.55. The molecule has 1 saturated carbocycles. The predicted octanol–water partition coefficient (Wildman–Crippen LogP) is 2.80. The maximum Gasteiger partial charge on any atom is 0.396 e. The van der Waals surface area contributed by atoms with Crippen molar-refractivity contribution >= 4 is 21.7 Å². The fourth-order valence-electron chi connectivity index (χ4n) is 1.42. The Morgan fingerprint density at radius 2 is 1.94 bits per heavy atom. The van der Waals surface area contributed by atoms with Crippen molar-refractivity contribution in [2.24, 2.45) is 0 Å². The van der Waals surface area contributed by atoms with Crippen LogP contribution < -0.4 is 5.73 Å². The van der Waals surface area contributed by atoms with Gasteiger partial charge in [-0.05, 0) is 28.8 Å². The Kier molecular flexibility index (Phi) is 2.81. The van der Waals surface area contributed by atoms with E-state index in [4.69, 9.17) is 5.73 Å². The summed E-state index contributed by atoms with van der Waals surface area (Å²) in [7, 11) is 0. The minimum atomic E-state index is -4.30. The third kappa shape index (κ3) is 2.63. The highest BCUT2D eigenvalue weighted by Crippen LogP contribution is 2.43. The number of nitrogens with zero attached hydrogens (tertiary/aromatic N) is 2. The minimum absolute atomic E-state index is 0.0798. The normalized spacial score (nSPS) is 16.5. The van der Waals surface area contributed by atoms with E-state index in [0.29, 0.717) is 10.2 Å². The SMILES string of the molecule is Nc1nc(CC(F)(F)F)nc(C2CC2)c1Br. The molecule has 0 bridgehead atoms. The van der Waals surface area contributed by atoms with Crippen molar-refractivity contribution in [1.29, 1.82) is 0 Å². The molecule has 0 unspecified atom stereocenters. The molecule has 88 valence electrons. The smallest absolute Gasteiger partial charge is 0.383 e. The molecule has 7 heteroatoms. The molecule has 0 radical (unpaired) electrons. The Morgan fingerprint density at radius 3 is 2.44 bits per heavy atom. The first-order valence-electron chi connectivity index (χ1n) is 4.75. The molecule has 16 heavy (non-hydrogen) atoms. The molecule has 1 aliphatic carbocycles. The molecule has 3 nitrogen and oxygen atoms in total. The zero-order chi connectivity index (χ0) is 11.9. The summed E-state index contributed by atoms with van der Waals surface area (Å²) in [6.45, 7) is 0. The van der Waals surface area contributed by atoms with Crippen LogP contribution in [-0.4, -0.2) is 16.1 Å². The highest BCUT2D eigenvalue weighted by molar-refractivity contribution is 9.10. The summed E-state index contributed by atoms with van der Waals surface area (Å²) in [5.74, 6) is 0.0536. The van der Waals surface area contributed by atoms with E-state index in [1.807, 2.05) is 0 Å². The number of halogens is 4. The Bertz CT molecular complexity index is 415. The zero-order valence-electron chi connectivity index (χ0n) is 8.18. The lowest BCUT2D eigenvalue weighted by atomic mass is 10.2. The molecule has 2 N–H and O–H groups in total. The van der Waals surface area contributed by atoms with Crippen LogP contribution in [0.25, 0.3) is 0 Å². The van der Waals surface area contributed by atoms with Crippen LogP contribution in [0.1, 0.15) is 30.3 Å². The van der Waals surface area contributed by atoms with Gasteiger partial charge in [0.05, 0.1) is 10.2 Å². The van der Waals surface area contributed by atoms with Crippen molar-refractivity contribution in [3.05, 3.63) is 16.0 Å². The van der Waals surface area contributed by atoms with Gasteiger partial charge < -0.3 is 5.73 Å². The van der Waals surface area contributed by atoms with Crippen molar-refractivity contribution in [2.75, 3.05) is 5.73 Å². The summed E-state index contributed by atoms with van der Waals surface area (Å²) in [5, 5.41) is 0. The van der Waals surface area contributed by atoms with Crippen molar-refractivity contribution in [1.82, 2.24) is 9.97 Å². The van der Waals surface area contributed by atoms with Gasteiger partial charge in [-0.2, -0.15) is 13.2 Å². The summed E-state index contributed by atoms with van der Waals surface area (Å²) < 4.78 is 37.1. The van der Waals surface area contributed by atoms with Crippen molar-refractivity contribution < 1.29 is 13.2 Å². The lowest BCUT2D eigenvalue weighted by Crippen LogP contribution is -2.16. The van der Waals surface area contributed by atoms with E-state index in [1.165, 1.54) is 0 Å². The van der Waals surface area contributed by atoms with Crippen LogP contribution in [0.3, 0.4) is 0 Å². The van der Waals surface area contributed by atoms with Crippen LogP contribution in [0.5, 0.6) is 0 Å². The number of nitrogen functional groups attached to an aromatic ring is 1. The van der Waals surface area contributed by atoms with Gasteiger partial charge in [0, 0.05) is 5.92 Å². The monoisotopic (exact) mass is 295 g/mol. The van der Waals surface area contributed by atoms with E-state index >= 15 is 0 Å². The fourth-order valence-corrected chi connectivity index (χ4v) is 1.92. The number of hydrogen-bond acceptors (Lipinski definition) is 3. The van der Waals surface area contributed by atoms with Gasteiger partial charge in [0.25, 0.3) is 0 Å². The molecule has 0 aliphatic heterocycles. The molecule has 0 aromatic carbocycles. The standard InChI is InChI=1S/C9H9BrF3N3/c10-6-7(4-1-2-4)15-5(16-8(6)14)3-9(11,12)13/h4H,1-3H2,(H2,14,15,16). The molecule has 0 saturated heterocycles. The Balaban J connectivity index is 2.33. The summed E-state index contributed by atoms with van der Waals surface area (Å²) in [5.41, 5.74) is 6.14. The summed E-state index contributed by atoms with van der Waals surface area (Å²) in [6, 6.07) is 0. The number of nitrogens with two attached hydrogens (primary N) is 1. The van der Waals surface area contributed by atoms with Gasteiger partial charge in [-0.25, -0.2) is 9.97 Å². The molecule has 1 fully saturated rings. The van der Waals surface area contributed by atoms with E-state index < -0.39 is 12.6 Å². The van der Waals surface area contributed by atoms with Crippen LogP contribution in [0.4, 0.5) is 19.0 Å². The molecule has 1 aliphatic rings. The quantitative estimate of drug-likeness (QED) is 0.913. The lowest BCUT2D eigenvalue weighted by molar-refractivity contribution is -0.128. The van der Waals surface area contributed by atoms with Crippen LogP contribution >= 0.6 is 15.9 Å². The first-order chi connectivity index (χ1) is 7.37. The maximum atomic E-state index is 12.2. The van der Waals surface area contributed by atoms with Gasteiger partial charge in [0.15, 0.2) is 0 Å². The van der Waals surface area contributed by atoms with Crippen molar-refractivity contribution in [3.63, 3.8) is 0 Å². The number of alkyl halides is 3. The molecule has 0 spiro atoms. The van der Waals surface area contributed by atoms with Crippen LogP contribution in [0.15, 0.2) is 4.47 Å². The fraction of sp³-hybridized carbons (Fsp3) is 0.556. The molecular weight excluding hydrogens is 287 g/mol. The largest absolute Gasteiger partial charge is 0.396 e. The number of rotatable bonds is 2. The van der Waals surface area contributed by atoms with Crippen molar-refractivity contribution in [3.8, 4) is 0 Å². The van der Waals surface area contributed by atoms with Gasteiger partial charge >= 0.3 is 6.18 Å². The molecule has 0 atom stereocenters. The molecule has 1 aromatic heterocycles. The molecule has 1 aromatic rings. The molecule has 2 rings (SSSR count). The number of hydrogen-bond donors (Lipinski definition) is 1. The Hall–Kier alpha value is -0.850. The lowest BCUT2D eigenvalue weighted by Gasteiger charge is -2.09. The second-order valence-corrected chi connectivity index (χ2v) is 4.58. The first kappa shape index (κ1) is 11.6. The molecular formula is C9H9BrF3N3. The first-order valence-corrected chi connectivity index (χ1v) is 5.54. The average Bonchev–Trinajstić information content (AvgIpc) is 2.91. The highest BCUT2D eigenvalue weighted by Gasteiger charge is 2.33. The molecule has 1 heterocycles. The van der Waals surface area contributed by atoms with Crippen molar-refractivity contribution in [2.45, 2.75) is 31.4 Å². The highest BCUT2D eigenvalue weighted by atomic mass is 79.9. The van der Waals surface area contributed by atoms with Crippen LogP contribution in [-0.2, 0) is 6.42 Å². The van der Waals surface area contributed by atoms with Gasteiger partial charge in [0.2, 0.25) is 0 Å². The minimum Gasteiger partial charge on any atom is -0.383 e. The summed E-state index contributed by atoms with van der Waals surface area (Å²) in [4.78, 5) is 7.55. The molecule has 0 amide bonds. The predicted molar refractivity (Wildman–Crippen MR) is 55.9 cm³/mol.